The highest BCUT2D eigenvalue weighted by Gasteiger charge is 2.64. The summed E-state index contributed by atoms with van der Waals surface area (Å²) < 4.78 is 63.2. The van der Waals surface area contributed by atoms with E-state index in [1.807, 2.05) is 5.43 Å². The van der Waals surface area contributed by atoms with Gasteiger partial charge in [0.15, 0.2) is 0 Å². The van der Waals surface area contributed by atoms with Crippen LogP contribution >= 0.6 is 0 Å². The summed E-state index contributed by atoms with van der Waals surface area (Å²) in [5.41, 5.74) is 3.03. The van der Waals surface area contributed by atoms with Gasteiger partial charge in [0.25, 0.3) is 0 Å². The summed E-state index contributed by atoms with van der Waals surface area (Å²) in [5.74, 6) is -5.80. The third-order valence-corrected chi connectivity index (χ3v) is 3.02. The van der Waals surface area contributed by atoms with Gasteiger partial charge in [0.05, 0.1) is 12.1 Å². The fourth-order valence-electron chi connectivity index (χ4n) is 1.86. The van der Waals surface area contributed by atoms with Crippen LogP contribution in [0, 0.1) is 6.92 Å². The Hall–Kier alpha value is -1.70. The summed E-state index contributed by atoms with van der Waals surface area (Å²) in [6, 6.07) is 3.89. The van der Waals surface area contributed by atoms with Gasteiger partial charge in [-0.15, -0.1) is 0 Å². The summed E-state index contributed by atoms with van der Waals surface area (Å²) in [6.07, 6.45) is -6.62. The topological polar surface area (TPSA) is 32.3 Å². The van der Waals surface area contributed by atoms with Crippen LogP contribution in [0.15, 0.2) is 24.3 Å². The molecule has 1 heterocycles. The first-order chi connectivity index (χ1) is 9.13. The Morgan fingerprint density at radius 3 is 2.20 bits per heavy atom. The molecule has 0 radical (unpaired) electrons. The number of aryl methyl sites for hydroxylation is 1. The molecule has 0 spiro atoms. The quantitative estimate of drug-likeness (QED) is 0.851. The molecule has 3 nitrogen and oxygen atoms in total. The molecule has 1 amide bonds. The molecule has 0 bridgehead atoms. The Morgan fingerprint density at radius 1 is 1.15 bits per heavy atom. The van der Waals surface area contributed by atoms with Gasteiger partial charge in [-0.05, 0) is 19.1 Å². The number of nitrogens with zero attached hydrogens (tertiary/aromatic N) is 1. The largest absolute Gasteiger partial charge is 0.455 e. The molecule has 1 atom stereocenters. The van der Waals surface area contributed by atoms with E-state index in [0.29, 0.717) is 0 Å². The maximum atomic E-state index is 13.2. The predicted octanol–water partition coefficient (Wildman–Crippen LogP) is 2.80. The lowest BCUT2D eigenvalue weighted by Gasteiger charge is -2.26. The first-order valence-electron chi connectivity index (χ1n) is 5.73. The molecule has 1 aromatic rings. The van der Waals surface area contributed by atoms with Crippen LogP contribution in [-0.2, 0) is 4.79 Å². The number of anilines is 1. The zero-order valence-corrected chi connectivity index (χ0v) is 10.3. The summed E-state index contributed by atoms with van der Waals surface area (Å²) in [4.78, 5) is 11.6. The van der Waals surface area contributed by atoms with E-state index in [2.05, 4.69) is 0 Å². The summed E-state index contributed by atoms with van der Waals surface area (Å²) in [7, 11) is 0. The lowest BCUT2D eigenvalue weighted by atomic mass is 10.1. The van der Waals surface area contributed by atoms with Crippen molar-refractivity contribution in [3.05, 3.63) is 29.8 Å². The number of carbonyl (C=O) groups is 1. The maximum absolute atomic E-state index is 13.2. The van der Waals surface area contributed by atoms with Gasteiger partial charge in [-0.25, -0.2) is 10.4 Å². The highest BCUT2D eigenvalue weighted by atomic mass is 19.4. The number of rotatable bonds is 2. The van der Waals surface area contributed by atoms with E-state index in [4.69, 9.17) is 0 Å². The summed E-state index contributed by atoms with van der Waals surface area (Å²) >= 11 is 0. The molecule has 110 valence electrons. The first kappa shape index (κ1) is 14.7. The fraction of sp³-hybridized carbons (Fsp3) is 0.417. The molecule has 1 aromatic carbocycles. The van der Waals surface area contributed by atoms with Crippen molar-refractivity contribution >= 4 is 11.6 Å². The summed E-state index contributed by atoms with van der Waals surface area (Å²) in [6.45, 7) is 1.78. The number of carbonyl (C=O) groups excluding carboxylic acids is 1. The lowest BCUT2D eigenvalue weighted by Crippen LogP contribution is -2.53. The zero-order valence-electron chi connectivity index (χ0n) is 10.3. The number of hydrogen-bond donors (Lipinski definition) is 1. The van der Waals surface area contributed by atoms with E-state index in [9.17, 15) is 26.7 Å². The number of hydrogen-bond acceptors (Lipinski definition) is 2. The van der Waals surface area contributed by atoms with Crippen LogP contribution in [0.25, 0.3) is 0 Å². The number of amides is 1. The molecule has 0 aromatic heterocycles. The molecule has 1 aliphatic heterocycles. The molecule has 8 heteroatoms. The SMILES string of the molecule is Cc1ccc(N2NC(C(F)(F)C(F)(F)F)CC2=O)cc1. The van der Waals surface area contributed by atoms with E-state index in [0.717, 1.165) is 10.6 Å². The van der Waals surface area contributed by atoms with Crippen molar-refractivity contribution in [2.75, 3.05) is 5.01 Å². The number of alkyl halides is 5. The highest BCUT2D eigenvalue weighted by molar-refractivity contribution is 5.95. The third kappa shape index (κ3) is 2.47. The van der Waals surface area contributed by atoms with Crippen molar-refractivity contribution in [1.29, 1.82) is 0 Å². The molecule has 2 rings (SSSR count). The third-order valence-electron chi connectivity index (χ3n) is 3.02. The highest BCUT2D eigenvalue weighted by Crippen LogP contribution is 2.41. The van der Waals surface area contributed by atoms with Crippen LogP contribution in [0.2, 0.25) is 0 Å². The number of halogens is 5. The number of nitrogens with one attached hydrogen (secondary N) is 1. The number of hydrazine groups is 1. The first-order valence-corrected chi connectivity index (χ1v) is 5.73. The van der Waals surface area contributed by atoms with Crippen LogP contribution in [0.4, 0.5) is 27.6 Å². The van der Waals surface area contributed by atoms with Crippen molar-refractivity contribution in [1.82, 2.24) is 5.43 Å². The van der Waals surface area contributed by atoms with E-state index in [1.54, 1.807) is 19.1 Å². The molecule has 1 aliphatic rings. The van der Waals surface area contributed by atoms with Crippen LogP contribution in [0.3, 0.4) is 0 Å². The van der Waals surface area contributed by atoms with E-state index >= 15 is 0 Å². The van der Waals surface area contributed by atoms with Crippen LogP contribution in [0.5, 0.6) is 0 Å². The van der Waals surface area contributed by atoms with Gasteiger partial charge in [0.1, 0.15) is 6.04 Å². The van der Waals surface area contributed by atoms with Gasteiger partial charge < -0.3 is 0 Å². The monoisotopic (exact) mass is 294 g/mol. The number of benzene rings is 1. The van der Waals surface area contributed by atoms with Crippen molar-refractivity contribution in [2.45, 2.75) is 31.5 Å². The van der Waals surface area contributed by atoms with Gasteiger partial charge in [-0.2, -0.15) is 22.0 Å². The van der Waals surface area contributed by atoms with Crippen molar-refractivity contribution < 1.29 is 26.7 Å². The lowest BCUT2D eigenvalue weighted by molar-refractivity contribution is -0.291. The zero-order chi connectivity index (χ0) is 15.1. The molecule has 1 unspecified atom stereocenters. The predicted molar refractivity (Wildman–Crippen MR) is 61.2 cm³/mol. The van der Waals surface area contributed by atoms with Gasteiger partial charge >= 0.3 is 12.1 Å². The van der Waals surface area contributed by atoms with Crippen LogP contribution in [-0.4, -0.2) is 24.0 Å². The second-order valence-corrected chi connectivity index (χ2v) is 4.57. The Morgan fingerprint density at radius 2 is 1.70 bits per heavy atom. The normalized spacial score (nSPS) is 20.6. The summed E-state index contributed by atoms with van der Waals surface area (Å²) in [5, 5.41) is 0.726. The maximum Gasteiger partial charge on any atom is 0.455 e. The fourth-order valence-corrected chi connectivity index (χ4v) is 1.86. The van der Waals surface area contributed by atoms with Gasteiger partial charge in [-0.1, -0.05) is 17.7 Å². The molecule has 0 saturated carbocycles. The minimum absolute atomic E-state index is 0.223. The minimum Gasteiger partial charge on any atom is -0.273 e. The Kier molecular flexibility index (Phi) is 3.45. The molecule has 1 N–H and O–H groups in total. The average Bonchev–Trinajstić information content (AvgIpc) is 2.71. The second kappa shape index (κ2) is 4.69. The molecular formula is C12H11F5N2O. The van der Waals surface area contributed by atoms with Gasteiger partial charge in [-0.3, -0.25) is 4.79 Å². The van der Waals surface area contributed by atoms with Crippen LogP contribution < -0.4 is 10.4 Å². The Bertz CT molecular complexity index is 512. The molecule has 1 fully saturated rings. The van der Waals surface area contributed by atoms with E-state index in [-0.39, 0.29) is 5.69 Å². The van der Waals surface area contributed by atoms with E-state index < -0.39 is 30.5 Å². The molecular weight excluding hydrogens is 283 g/mol. The standard InChI is InChI=1S/C12H11F5N2O/c1-7-2-4-8(5-3-7)19-10(20)6-9(18-19)11(13,14)12(15,16)17/h2-5,9,18H,6H2,1H3. The van der Waals surface area contributed by atoms with Crippen molar-refractivity contribution in [3.8, 4) is 0 Å². The molecule has 1 saturated heterocycles. The second-order valence-electron chi connectivity index (χ2n) is 4.57. The van der Waals surface area contributed by atoms with E-state index in [1.165, 1.54) is 12.1 Å². The average molecular weight is 294 g/mol. The Labute approximate surface area is 111 Å². The van der Waals surface area contributed by atoms with Crippen molar-refractivity contribution in [3.63, 3.8) is 0 Å². The smallest absolute Gasteiger partial charge is 0.273 e. The minimum atomic E-state index is -5.70. The van der Waals surface area contributed by atoms with Crippen molar-refractivity contribution in [2.24, 2.45) is 0 Å². The van der Waals surface area contributed by atoms with Gasteiger partial charge in [0.2, 0.25) is 5.91 Å². The molecule has 0 aliphatic carbocycles. The van der Waals surface area contributed by atoms with Gasteiger partial charge in [0, 0.05) is 0 Å². The molecule has 20 heavy (non-hydrogen) atoms. The Balaban J connectivity index is 2.21. The van der Waals surface area contributed by atoms with Crippen LogP contribution in [0.1, 0.15) is 12.0 Å².